The molecular formula is C34H45AlBF18NO8. The SMILES string of the molecule is C=C(C)C(=O)OC1CC(C(C)(O)C(F)(F)F)CC(C(O)(C(F)(F)F)C(F)(F)F)C1.CCC(C)(C)C(=O)OC1CC(C(C)(O)C(F)(F)F)CC(C(O)(C(F)(F)F)C(F)(F)F)C1.[B].[NH]=[Al]. The summed E-state index contributed by atoms with van der Waals surface area (Å²) in [6.07, 6.45) is -46.5. The van der Waals surface area contributed by atoms with E-state index in [9.17, 15) is 109 Å². The van der Waals surface area contributed by atoms with E-state index in [1.54, 1.807) is 23.0 Å². The van der Waals surface area contributed by atoms with Crippen LogP contribution in [0.1, 0.15) is 86.5 Å². The molecule has 8 unspecified atom stereocenters. The molecule has 4 radical (unpaired) electrons. The Bertz CT molecular complexity index is 1520. The molecule has 0 aliphatic heterocycles. The van der Waals surface area contributed by atoms with Crippen molar-refractivity contribution in [2.24, 2.45) is 29.1 Å². The maximum absolute atomic E-state index is 13.3. The first-order valence-electron chi connectivity index (χ1n) is 17.8. The Morgan fingerprint density at radius 3 is 1.02 bits per heavy atom. The van der Waals surface area contributed by atoms with Gasteiger partial charge in [0.15, 0.2) is 11.2 Å². The standard InChI is InChI=1S/C18H25F9O4.C16H19F9O4.Al.B.HN/c1-5-13(2,3)12(28)31-11-7-9(14(4,29)16(19,20)21)6-10(8-11)15(30,17(22,23)24)18(25,26)27;1-7(2)11(26)29-10-5-8(12(3,27)14(17,18)19)4-9(6-10)13(28,15(20,21)22)16(23,24)25;;;/h9-11,29-30H,5-8H2,1-4H3;8-10,27-28H,1,4-6H2,2-3H3;;;1H. The maximum atomic E-state index is 13.3. The molecule has 0 aromatic rings. The van der Waals surface area contributed by atoms with E-state index in [0.717, 1.165) is 6.92 Å². The van der Waals surface area contributed by atoms with Gasteiger partial charge in [0.1, 0.15) is 12.2 Å². The van der Waals surface area contributed by atoms with Crippen LogP contribution in [-0.4, -0.2) is 129 Å². The van der Waals surface area contributed by atoms with Crippen LogP contribution in [0.4, 0.5) is 79.0 Å². The van der Waals surface area contributed by atoms with E-state index in [1.165, 1.54) is 13.8 Å². The molecule has 2 rings (SSSR count). The zero-order chi connectivity index (χ0) is 50.1. The summed E-state index contributed by atoms with van der Waals surface area (Å²) in [5.41, 5.74) is -19.6. The molecule has 8 atom stereocenters. The number of rotatable bonds is 9. The van der Waals surface area contributed by atoms with E-state index in [-0.39, 0.29) is 34.3 Å². The van der Waals surface area contributed by atoms with Crippen LogP contribution < -0.4 is 0 Å². The molecule has 0 aromatic heterocycles. The van der Waals surface area contributed by atoms with Crippen LogP contribution in [0.25, 0.3) is 0 Å². The average Bonchev–Trinajstić information content (AvgIpc) is 3.08. The topological polar surface area (TPSA) is 157 Å². The summed E-state index contributed by atoms with van der Waals surface area (Å²) >= 11 is 1.67. The van der Waals surface area contributed by atoms with Gasteiger partial charge in [0.2, 0.25) is 0 Å². The van der Waals surface area contributed by atoms with E-state index >= 15 is 0 Å². The number of nitrogens with one attached hydrogen (secondary N) is 1. The summed E-state index contributed by atoms with van der Waals surface area (Å²) in [5.74, 6) is -12.4. The second-order valence-corrected chi connectivity index (χ2v) is 16.1. The van der Waals surface area contributed by atoms with Gasteiger partial charge in [-0.25, -0.2) is 4.79 Å². The van der Waals surface area contributed by atoms with Crippen LogP contribution in [-0.2, 0) is 19.1 Å². The monoisotopic (exact) mass is 975 g/mol. The number of ether oxygens (including phenoxy) is 2. The van der Waals surface area contributed by atoms with Crippen LogP contribution in [0.3, 0.4) is 0 Å². The van der Waals surface area contributed by atoms with E-state index in [4.69, 9.17) is 9.08 Å². The van der Waals surface area contributed by atoms with Gasteiger partial charge in [-0.3, -0.25) is 4.79 Å². The van der Waals surface area contributed by atoms with Gasteiger partial charge < -0.3 is 29.9 Å². The number of carbonyl (C=O) groups is 2. The molecule has 63 heavy (non-hydrogen) atoms. The van der Waals surface area contributed by atoms with Crippen LogP contribution in [0.2, 0.25) is 0 Å². The van der Waals surface area contributed by atoms with Crippen molar-refractivity contribution in [1.82, 2.24) is 0 Å². The third-order valence-corrected chi connectivity index (χ3v) is 11.3. The van der Waals surface area contributed by atoms with Gasteiger partial charge in [-0.1, -0.05) is 13.5 Å². The molecule has 0 aromatic carbocycles. The summed E-state index contributed by atoms with van der Waals surface area (Å²) in [7, 11) is 0. The molecule has 0 saturated heterocycles. The molecule has 29 heteroatoms. The Hall–Kier alpha value is -2.34. The summed E-state index contributed by atoms with van der Waals surface area (Å²) < 4.78 is 254. The van der Waals surface area contributed by atoms with Gasteiger partial charge in [0.25, 0.3) is 11.2 Å². The number of hydrogen-bond acceptors (Lipinski definition) is 9. The zero-order valence-electron chi connectivity index (χ0n) is 34.0. The predicted molar refractivity (Wildman–Crippen MR) is 182 cm³/mol. The molecule has 5 N–H and O–H groups in total. The van der Waals surface area contributed by atoms with Crippen LogP contribution in [0.15, 0.2) is 12.2 Å². The molecule has 0 heterocycles. The molecule has 366 valence electrons. The molecule has 9 nitrogen and oxygen atoms in total. The number of aliphatic hydroxyl groups is 4. The van der Waals surface area contributed by atoms with Gasteiger partial charge in [-0.05, 0) is 79.6 Å². The number of halogens is 18. The predicted octanol–water partition coefficient (Wildman–Crippen LogP) is 8.52. The second-order valence-electron chi connectivity index (χ2n) is 16.1. The van der Waals surface area contributed by atoms with Gasteiger partial charge >= 0.3 is 69.4 Å². The average molecular weight is 975 g/mol. The van der Waals surface area contributed by atoms with Crippen molar-refractivity contribution in [2.75, 3.05) is 0 Å². The number of carbonyl (C=O) groups excluding carboxylic acids is 2. The molecule has 2 aliphatic carbocycles. The fourth-order valence-corrected chi connectivity index (χ4v) is 6.74. The minimum absolute atomic E-state index is 0. The van der Waals surface area contributed by atoms with Crippen molar-refractivity contribution < 1.29 is 119 Å². The summed E-state index contributed by atoms with van der Waals surface area (Å²) in [6, 6.07) is 0. The Labute approximate surface area is 358 Å². The molecule has 2 aliphatic rings. The Kier molecular flexibility index (Phi) is 20.6. The molecule has 2 saturated carbocycles. The van der Waals surface area contributed by atoms with Crippen molar-refractivity contribution in [3.05, 3.63) is 12.2 Å². The second kappa shape index (κ2) is 20.7. The summed E-state index contributed by atoms with van der Waals surface area (Å²) in [6.45, 7) is 8.98. The molecule has 2 fully saturated rings. The summed E-state index contributed by atoms with van der Waals surface area (Å²) in [4.78, 5) is 23.9. The molecule has 0 spiro atoms. The fourth-order valence-electron chi connectivity index (χ4n) is 6.74. The first kappa shape index (κ1) is 62.7. The van der Waals surface area contributed by atoms with Crippen LogP contribution in [0.5, 0.6) is 0 Å². The van der Waals surface area contributed by atoms with E-state index < -0.39 is 151 Å². The van der Waals surface area contributed by atoms with E-state index in [1.807, 2.05) is 0 Å². The van der Waals surface area contributed by atoms with E-state index in [2.05, 4.69) is 11.3 Å². The fraction of sp³-hybridized carbons (Fsp3) is 0.882. The molecular weight excluding hydrogens is 930 g/mol. The number of alkyl halides is 18. The normalized spacial score (nSPS) is 25.3. The van der Waals surface area contributed by atoms with E-state index in [0.29, 0.717) is 0 Å². The third kappa shape index (κ3) is 13.6. The Balaban J connectivity index is 0. The third-order valence-electron chi connectivity index (χ3n) is 11.3. The van der Waals surface area contributed by atoms with Gasteiger partial charge in [-0.15, -0.1) is 0 Å². The molecule has 0 bridgehead atoms. The quantitative estimate of drug-likeness (QED) is 0.0667. The van der Waals surface area contributed by atoms with Gasteiger partial charge in [0.05, 0.1) is 5.41 Å². The Morgan fingerprint density at radius 1 is 0.540 bits per heavy atom. The first-order valence-corrected chi connectivity index (χ1v) is 18.4. The summed E-state index contributed by atoms with van der Waals surface area (Å²) in [5, 5.41) is 39.0. The van der Waals surface area contributed by atoms with Crippen molar-refractivity contribution in [3.63, 3.8) is 0 Å². The number of esters is 2. The van der Waals surface area contributed by atoms with Gasteiger partial charge in [-0.2, -0.15) is 79.0 Å². The van der Waals surface area contributed by atoms with Crippen molar-refractivity contribution in [2.45, 2.75) is 158 Å². The Morgan fingerprint density at radius 2 is 0.794 bits per heavy atom. The molecule has 0 amide bonds. The zero-order valence-corrected chi connectivity index (χ0v) is 35.2. The van der Waals surface area contributed by atoms with Crippen molar-refractivity contribution >= 4 is 36.4 Å². The first-order chi connectivity index (χ1) is 27.2. The van der Waals surface area contributed by atoms with Crippen molar-refractivity contribution in [3.8, 4) is 0 Å². The minimum atomic E-state index is -6.29. The number of hydrogen-bond donors (Lipinski definition) is 5. The van der Waals surface area contributed by atoms with Crippen molar-refractivity contribution in [1.29, 1.82) is 4.35 Å². The van der Waals surface area contributed by atoms with Crippen LogP contribution >= 0.6 is 0 Å². The van der Waals surface area contributed by atoms with Gasteiger partial charge in [0, 0.05) is 37.7 Å². The van der Waals surface area contributed by atoms with Crippen LogP contribution in [0, 0.1) is 33.4 Å².